The molecule has 0 bridgehead atoms. The number of aryl methyl sites for hydroxylation is 1. The maximum Gasteiger partial charge on any atom is 0.262 e. The molecule has 3 aromatic carbocycles. The Morgan fingerprint density at radius 2 is 1.56 bits per heavy atom. The van der Waals surface area contributed by atoms with Crippen LogP contribution in [0.3, 0.4) is 0 Å². The van der Waals surface area contributed by atoms with Gasteiger partial charge in [0, 0.05) is 5.69 Å². The van der Waals surface area contributed by atoms with E-state index in [4.69, 9.17) is 4.74 Å². The highest BCUT2D eigenvalue weighted by atomic mass is 16.5. The van der Waals surface area contributed by atoms with Crippen LogP contribution in [0.25, 0.3) is 0 Å². The molecule has 0 aliphatic rings. The Morgan fingerprint density at radius 1 is 0.880 bits per heavy atom. The standard InChI is InChI=1S/C22H21NO2/c1-17-9-5-8-14-21(17)25-16-22(24)23-20-13-7-6-12-19(20)15-18-10-3-2-4-11-18/h2-14H,15-16H2,1H3,(H,23,24). The van der Waals surface area contributed by atoms with Crippen LogP contribution in [0.15, 0.2) is 78.9 Å². The lowest BCUT2D eigenvalue weighted by molar-refractivity contribution is -0.118. The molecule has 3 nitrogen and oxygen atoms in total. The van der Waals surface area contributed by atoms with E-state index in [2.05, 4.69) is 17.4 Å². The minimum Gasteiger partial charge on any atom is -0.483 e. The monoisotopic (exact) mass is 331 g/mol. The molecule has 1 N–H and O–H groups in total. The van der Waals surface area contributed by atoms with Gasteiger partial charge in [0.1, 0.15) is 5.75 Å². The molecular formula is C22H21NO2. The molecular weight excluding hydrogens is 310 g/mol. The highest BCUT2D eigenvalue weighted by molar-refractivity contribution is 5.92. The van der Waals surface area contributed by atoms with Gasteiger partial charge in [-0.1, -0.05) is 66.7 Å². The molecule has 3 heteroatoms. The first kappa shape index (κ1) is 16.8. The van der Waals surface area contributed by atoms with Gasteiger partial charge in [-0.15, -0.1) is 0 Å². The summed E-state index contributed by atoms with van der Waals surface area (Å²) in [5.74, 6) is 0.569. The average Bonchev–Trinajstić information content (AvgIpc) is 2.64. The summed E-state index contributed by atoms with van der Waals surface area (Å²) in [6.45, 7) is 1.95. The van der Waals surface area contributed by atoms with Crippen molar-refractivity contribution in [3.05, 3.63) is 95.6 Å². The van der Waals surface area contributed by atoms with Crippen molar-refractivity contribution in [2.45, 2.75) is 13.3 Å². The van der Waals surface area contributed by atoms with Gasteiger partial charge in [0.05, 0.1) is 0 Å². The van der Waals surface area contributed by atoms with E-state index in [0.717, 1.165) is 29.0 Å². The van der Waals surface area contributed by atoms with E-state index >= 15 is 0 Å². The van der Waals surface area contributed by atoms with E-state index < -0.39 is 0 Å². The summed E-state index contributed by atoms with van der Waals surface area (Å²) in [6.07, 6.45) is 0.774. The van der Waals surface area contributed by atoms with Crippen molar-refractivity contribution in [2.75, 3.05) is 11.9 Å². The molecule has 0 fully saturated rings. The number of rotatable bonds is 6. The van der Waals surface area contributed by atoms with E-state index in [1.54, 1.807) is 0 Å². The second-order valence-electron chi connectivity index (χ2n) is 5.92. The Morgan fingerprint density at radius 3 is 2.36 bits per heavy atom. The summed E-state index contributed by atoms with van der Waals surface area (Å²) in [5.41, 5.74) is 4.13. The van der Waals surface area contributed by atoms with Crippen molar-refractivity contribution < 1.29 is 9.53 Å². The number of hydrogen-bond donors (Lipinski definition) is 1. The molecule has 0 unspecified atom stereocenters. The van der Waals surface area contributed by atoms with Crippen LogP contribution in [0.2, 0.25) is 0 Å². The summed E-state index contributed by atoms with van der Waals surface area (Å²) in [5, 5.41) is 2.96. The summed E-state index contributed by atoms with van der Waals surface area (Å²) in [7, 11) is 0. The molecule has 0 atom stereocenters. The quantitative estimate of drug-likeness (QED) is 0.717. The van der Waals surface area contributed by atoms with E-state index in [1.807, 2.05) is 73.7 Å². The van der Waals surface area contributed by atoms with Gasteiger partial charge in [0.25, 0.3) is 5.91 Å². The van der Waals surface area contributed by atoms with Crippen molar-refractivity contribution in [2.24, 2.45) is 0 Å². The Balaban J connectivity index is 1.64. The average molecular weight is 331 g/mol. The minimum absolute atomic E-state index is 0.00940. The lowest BCUT2D eigenvalue weighted by Gasteiger charge is -2.12. The number of ether oxygens (including phenoxy) is 1. The van der Waals surface area contributed by atoms with Gasteiger partial charge in [0.15, 0.2) is 6.61 Å². The lowest BCUT2D eigenvalue weighted by Crippen LogP contribution is -2.21. The van der Waals surface area contributed by atoms with Crippen LogP contribution in [0, 0.1) is 6.92 Å². The third-order valence-corrected chi connectivity index (χ3v) is 3.98. The molecule has 0 heterocycles. The summed E-state index contributed by atoms with van der Waals surface area (Å²) < 4.78 is 5.62. The third-order valence-electron chi connectivity index (χ3n) is 3.98. The van der Waals surface area contributed by atoms with Gasteiger partial charge in [-0.3, -0.25) is 4.79 Å². The highest BCUT2D eigenvalue weighted by Crippen LogP contribution is 2.20. The Labute approximate surface area is 148 Å². The molecule has 3 aromatic rings. The van der Waals surface area contributed by atoms with Gasteiger partial charge in [-0.25, -0.2) is 0 Å². The third kappa shape index (κ3) is 4.70. The first-order chi connectivity index (χ1) is 12.2. The number of benzene rings is 3. The van der Waals surface area contributed by atoms with E-state index in [0.29, 0.717) is 0 Å². The van der Waals surface area contributed by atoms with E-state index in [-0.39, 0.29) is 12.5 Å². The second-order valence-corrected chi connectivity index (χ2v) is 5.92. The zero-order valence-electron chi connectivity index (χ0n) is 14.2. The number of hydrogen-bond acceptors (Lipinski definition) is 2. The van der Waals surface area contributed by atoms with Crippen LogP contribution in [-0.4, -0.2) is 12.5 Å². The van der Waals surface area contributed by atoms with Crippen LogP contribution < -0.4 is 10.1 Å². The molecule has 3 rings (SSSR count). The largest absolute Gasteiger partial charge is 0.483 e. The highest BCUT2D eigenvalue weighted by Gasteiger charge is 2.08. The summed E-state index contributed by atoms with van der Waals surface area (Å²) in [4.78, 5) is 12.3. The Kier molecular flexibility index (Phi) is 5.47. The lowest BCUT2D eigenvalue weighted by atomic mass is 10.0. The Hall–Kier alpha value is -3.07. The molecule has 0 aromatic heterocycles. The van der Waals surface area contributed by atoms with Crippen LogP contribution in [0.1, 0.15) is 16.7 Å². The van der Waals surface area contributed by atoms with E-state index in [9.17, 15) is 4.79 Å². The normalized spacial score (nSPS) is 10.3. The van der Waals surface area contributed by atoms with Gasteiger partial charge in [-0.2, -0.15) is 0 Å². The molecule has 0 spiro atoms. The zero-order valence-corrected chi connectivity index (χ0v) is 14.2. The predicted octanol–water partition coefficient (Wildman–Crippen LogP) is 4.60. The number of nitrogens with one attached hydrogen (secondary N) is 1. The van der Waals surface area contributed by atoms with Crippen molar-refractivity contribution in [1.82, 2.24) is 0 Å². The van der Waals surface area contributed by atoms with Gasteiger partial charge in [-0.05, 0) is 42.2 Å². The number of anilines is 1. The number of amides is 1. The van der Waals surface area contributed by atoms with E-state index in [1.165, 1.54) is 5.56 Å². The van der Waals surface area contributed by atoms with Gasteiger partial charge in [0.2, 0.25) is 0 Å². The summed E-state index contributed by atoms with van der Waals surface area (Å²) in [6, 6.07) is 25.7. The fourth-order valence-corrected chi connectivity index (χ4v) is 2.66. The molecule has 0 saturated carbocycles. The van der Waals surface area contributed by atoms with Crippen LogP contribution in [0.5, 0.6) is 5.75 Å². The first-order valence-corrected chi connectivity index (χ1v) is 8.32. The number of carbonyl (C=O) groups excluding carboxylic acids is 1. The van der Waals surface area contributed by atoms with Crippen LogP contribution in [0.4, 0.5) is 5.69 Å². The molecule has 0 aliphatic carbocycles. The van der Waals surface area contributed by atoms with Crippen molar-refractivity contribution in [3.63, 3.8) is 0 Å². The topological polar surface area (TPSA) is 38.3 Å². The maximum atomic E-state index is 12.3. The van der Waals surface area contributed by atoms with Crippen molar-refractivity contribution in [3.8, 4) is 5.75 Å². The fourth-order valence-electron chi connectivity index (χ4n) is 2.66. The first-order valence-electron chi connectivity index (χ1n) is 8.32. The molecule has 1 amide bonds. The molecule has 25 heavy (non-hydrogen) atoms. The predicted molar refractivity (Wildman–Crippen MR) is 101 cm³/mol. The molecule has 0 saturated heterocycles. The maximum absolute atomic E-state index is 12.3. The SMILES string of the molecule is Cc1ccccc1OCC(=O)Nc1ccccc1Cc1ccccc1. The second kappa shape index (κ2) is 8.15. The Bertz CT molecular complexity index is 843. The van der Waals surface area contributed by atoms with Crippen molar-refractivity contribution >= 4 is 11.6 Å². The summed E-state index contributed by atoms with van der Waals surface area (Å²) >= 11 is 0. The van der Waals surface area contributed by atoms with Gasteiger partial charge < -0.3 is 10.1 Å². The zero-order chi connectivity index (χ0) is 17.5. The molecule has 0 aliphatic heterocycles. The van der Waals surface area contributed by atoms with Crippen LogP contribution >= 0.6 is 0 Å². The van der Waals surface area contributed by atoms with Crippen molar-refractivity contribution in [1.29, 1.82) is 0 Å². The fraction of sp³-hybridized carbons (Fsp3) is 0.136. The number of carbonyl (C=O) groups is 1. The van der Waals surface area contributed by atoms with Crippen LogP contribution in [-0.2, 0) is 11.2 Å². The smallest absolute Gasteiger partial charge is 0.262 e. The molecule has 126 valence electrons. The minimum atomic E-state index is -0.163. The number of para-hydroxylation sites is 2. The van der Waals surface area contributed by atoms with Gasteiger partial charge >= 0.3 is 0 Å². The molecule has 0 radical (unpaired) electrons.